The molecule has 0 saturated carbocycles. The summed E-state index contributed by atoms with van der Waals surface area (Å²) in [6, 6.07) is 0. The molecule has 1 rings (SSSR count). The summed E-state index contributed by atoms with van der Waals surface area (Å²) in [6.45, 7) is 3.29. The Labute approximate surface area is 58.5 Å². The first kappa shape index (κ1) is 9.12. The van der Waals surface area contributed by atoms with Crippen LogP contribution in [0.5, 0.6) is 0 Å². The molecule has 6 heteroatoms. The Hall–Kier alpha value is -0.880. The molecule has 0 aromatic carbocycles. The molecule has 0 unspecified atom stereocenters. The first-order valence-corrected chi connectivity index (χ1v) is 4.08. The lowest BCUT2D eigenvalue weighted by Gasteiger charge is -1.69. The fourth-order valence-electron chi connectivity index (χ4n) is 0.106. The smallest absolute Gasteiger partial charge is 0.271 e. The lowest BCUT2D eigenvalue weighted by molar-refractivity contribution is -0.109. The van der Waals surface area contributed by atoms with Gasteiger partial charge >= 0.3 is 0 Å². The van der Waals surface area contributed by atoms with E-state index in [0.29, 0.717) is 12.0 Å². The normalized spacial score (nSPS) is 15.0. The molecule has 1 aliphatic heterocycles. The van der Waals surface area contributed by atoms with E-state index < -0.39 is 10.1 Å². The zero-order valence-electron chi connectivity index (χ0n) is 5.29. The zero-order chi connectivity index (χ0) is 8.36. The molecule has 10 heavy (non-hydrogen) atoms. The summed E-state index contributed by atoms with van der Waals surface area (Å²) in [5.41, 5.74) is 0.532. The van der Waals surface area contributed by atoms with Gasteiger partial charge in [-0.1, -0.05) is 6.58 Å². The van der Waals surface area contributed by atoms with Gasteiger partial charge in [-0.2, -0.15) is 8.42 Å². The van der Waals surface area contributed by atoms with Crippen molar-refractivity contribution >= 4 is 16.0 Å². The predicted molar refractivity (Wildman–Crippen MR) is 34.8 cm³/mol. The van der Waals surface area contributed by atoms with Crippen LogP contribution in [0.2, 0.25) is 0 Å². The van der Waals surface area contributed by atoms with E-state index in [1.807, 2.05) is 0 Å². The van der Waals surface area contributed by atoms with Crippen molar-refractivity contribution in [3.8, 4) is 0 Å². The molecule has 1 aliphatic rings. The van der Waals surface area contributed by atoms with Crippen LogP contribution in [0, 0.1) is 0 Å². The van der Waals surface area contributed by atoms with E-state index in [-0.39, 0.29) is 5.91 Å². The van der Waals surface area contributed by atoms with Crippen molar-refractivity contribution in [1.82, 2.24) is 5.32 Å². The Balaban J connectivity index is 0.000000162. The van der Waals surface area contributed by atoms with Crippen LogP contribution >= 0.6 is 0 Å². The summed E-state index contributed by atoms with van der Waals surface area (Å²) in [6.07, 6.45) is 0.715. The predicted octanol–water partition coefficient (Wildman–Crippen LogP) is -0.866. The van der Waals surface area contributed by atoms with Crippen LogP contribution in [-0.4, -0.2) is 25.1 Å². The minimum absolute atomic E-state index is 0.0231. The maximum absolute atomic E-state index is 9.68. The molecule has 0 atom stereocenters. The Morgan fingerprint density at radius 2 is 1.70 bits per heavy atom. The quantitative estimate of drug-likeness (QED) is 0.277. The second-order valence-electron chi connectivity index (χ2n) is 1.67. The SMILES string of the molecule is C=C1NC1=O.CS(=O)(=O)O. The number of carbonyl (C=O) groups excluding carboxylic acids is 1. The van der Waals surface area contributed by atoms with Crippen molar-refractivity contribution in [1.29, 1.82) is 0 Å². The van der Waals surface area contributed by atoms with E-state index >= 15 is 0 Å². The van der Waals surface area contributed by atoms with Gasteiger partial charge in [0.1, 0.15) is 0 Å². The first-order valence-electron chi connectivity index (χ1n) is 2.23. The molecule has 0 spiro atoms. The summed E-state index contributed by atoms with van der Waals surface area (Å²) in [4.78, 5) is 9.68. The third kappa shape index (κ3) is 10.2. The topological polar surface area (TPSA) is 93.4 Å². The molecule has 1 saturated heterocycles. The molecule has 0 bridgehead atoms. The molecule has 5 nitrogen and oxygen atoms in total. The monoisotopic (exact) mass is 165 g/mol. The fourth-order valence-corrected chi connectivity index (χ4v) is 0.106. The lowest BCUT2D eigenvalue weighted by atomic mass is 10.7. The summed E-state index contributed by atoms with van der Waals surface area (Å²) in [5, 5.41) is 2.36. The molecule has 58 valence electrons. The molecular weight excluding hydrogens is 158 g/mol. The number of hydrogen-bond donors (Lipinski definition) is 2. The summed E-state index contributed by atoms with van der Waals surface area (Å²) in [7, 11) is -3.67. The maximum atomic E-state index is 9.68. The van der Waals surface area contributed by atoms with E-state index in [2.05, 4.69) is 11.9 Å². The van der Waals surface area contributed by atoms with Crippen LogP contribution < -0.4 is 5.32 Å². The van der Waals surface area contributed by atoms with Crippen molar-refractivity contribution in [2.24, 2.45) is 0 Å². The van der Waals surface area contributed by atoms with Crippen LogP contribution in [0.15, 0.2) is 12.3 Å². The molecule has 1 fully saturated rings. The molecule has 1 heterocycles. The van der Waals surface area contributed by atoms with Gasteiger partial charge in [0, 0.05) is 0 Å². The van der Waals surface area contributed by atoms with Crippen LogP contribution in [0.25, 0.3) is 0 Å². The molecule has 0 radical (unpaired) electrons. The molecule has 1 amide bonds. The average Bonchev–Trinajstić information content (AvgIpc) is 2.12. The third-order valence-corrected chi connectivity index (χ3v) is 0.476. The highest BCUT2D eigenvalue weighted by molar-refractivity contribution is 7.85. The Morgan fingerprint density at radius 3 is 1.70 bits per heavy atom. The second kappa shape index (κ2) is 2.80. The van der Waals surface area contributed by atoms with Crippen LogP contribution in [0.1, 0.15) is 0 Å². The van der Waals surface area contributed by atoms with Crippen LogP contribution in [0.4, 0.5) is 0 Å². The van der Waals surface area contributed by atoms with Crippen molar-refractivity contribution in [3.05, 3.63) is 12.3 Å². The van der Waals surface area contributed by atoms with Crippen molar-refractivity contribution in [2.45, 2.75) is 0 Å². The van der Waals surface area contributed by atoms with Crippen molar-refractivity contribution < 1.29 is 17.8 Å². The molecule has 2 N–H and O–H groups in total. The van der Waals surface area contributed by atoms with E-state index in [1.165, 1.54) is 0 Å². The van der Waals surface area contributed by atoms with Gasteiger partial charge in [0.2, 0.25) is 0 Å². The Kier molecular flexibility index (Phi) is 2.56. The minimum atomic E-state index is -3.67. The van der Waals surface area contributed by atoms with Gasteiger partial charge in [-0.15, -0.1) is 0 Å². The molecule has 0 aromatic rings. The minimum Gasteiger partial charge on any atom is -0.317 e. The number of carbonyl (C=O) groups is 1. The summed E-state index contributed by atoms with van der Waals surface area (Å²) < 4.78 is 25.9. The van der Waals surface area contributed by atoms with E-state index in [0.717, 1.165) is 0 Å². The highest BCUT2D eigenvalue weighted by Crippen LogP contribution is 1.96. The van der Waals surface area contributed by atoms with Crippen LogP contribution in [-0.2, 0) is 14.9 Å². The Bertz CT molecular complexity index is 232. The van der Waals surface area contributed by atoms with E-state index in [4.69, 9.17) is 4.55 Å². The number of nitrogens with one attached hydrogen (secondary N) is 1. The van der Waals surface area contributed by atoms with Crippen molar-refractivity contribution in [2.75, 3.05) is 6.26 Å². The van der Waals surface area contributed by atoms with E-state index in [9.17, 15) is 13.2 Å². The van der Waals surface area contributed by atoms with Crippen LogP contribution in [0.3, 0.4) is 0 Å². The maximum Gasteiger partial charge on any atom is 0.271 e. The largest absolute Gasteiger partial charge is 0.317 e. The second-order valence-corrected chi connectivity index (χ2v) is 3.13. The van der Waals surface area contributed by atoms with Gasteiger partial charge in [-0.3, -0.25) is 9.35 Å². The first-order chi connectivity index (χ1) is 4.30. The summed E-state index contributed by atoms with van der Waals surface area (Å²) in [5.74, 6) is -0.0231. The summed E-state index contributed by atoms with van der Waals surface area (Å²) >= 11 is 0. The molecule has 0 aliphatic carbocycles. The van der Waals surface area contributed by atoms with Gasteiger partial charge < -0.3 is 5.32 Å². The molecular formula is C4H7NO4S. The van der Waals surface area contributed by atoms with Crippen molar-refractivity contribution in [3.63, 3.8) is 0 Å². The number of rotatable bonds is 0. The zero-order valence-corrected chi connectivity index (χ0v) is 6.10. The third-order valence-electron chi connectivity index (χ3n) is 0.476. The van der Waals surface area contributed by atoms with Gasteiger partial charge in [0.05, 0.1) is 12.0 Å². The lowest BCUT2D eigenvalue weighted by Crippen LogP contribution is -1.88. The standard InChI is InChI=1S/C3H3NO.CH4O3S/c1-2-3(5)4-2;1-5(2,3)4/h1H2,(H,4,5);1H3,(H,2,3,4). The highest BCUT2D eigenvalue weighted by Gasteiger charge is 2.20. The Morgan fingerprint density at radius 1 is 1.60 bits per heavy atom. The average molecular weight is 165 g/mol. The van der Waals surface area contributed by atoms with Gasteiger partial charge in [0.15, 0.2) is 0 Å². The number of hydrogen-bond acceptors (Lipinski definition) is 3. The number of amides is 1. The molecule has 0 aromatic heterocycles. The van der Waals surface area contributed by atoms with Gasteiger partial charge in [0.25, 0.3) is 16.0 Å². The fraction of sp³-hybridized carbons (Fsp3) is 0.250. The van der Waals surface area contributed by atoms with Gasteiger partial charge in [-0.05, 0) is 0 Å². The van der Waals surface area contributed by atoms with Gasteiger partial charge in [-0.25, -0.2) is 0 Å². The van der Waals surface area contributed by atoms with E-state index in [1.54, 1.807) is 0 Å². The highest BCUT2D eigenvalue weighted by atomic mass is 32.2.